The zero-order valence-corrected chi connectivity index (χ0v) is 17.6. The van der Waals surface area contributed by atoms with Crippen molar-refractivity contribution in [2.24, 2.45) is 0 Å². The molecule has 1 atom stereocenters. The van der Waals surface area contributed by atoms with Crippen molar-refractivity contribution >= 4 is 16.6 Å². The van der Waals surface area contributed by atoms with Crippen molar-refractivity contribution in [3.8, 4) is 5.75 Å². The second-order valence-corrected chi connectivity index (χ2v) is 8.22. The van der Waals surface area contributed by atoms with Crippen molar-refractivity contribution in [2.75, 3.05) is 13.6 Å². The van der Waals surface area contributed by atoms with Crippen molar-refractivity contribution in [1.29, 1.82) is 0 Å². The van der Waals surface area contributed by atoms with Gasteiger partial charge in [-0.2, -0.15) is 0 Å². The van der Waals surface area contributed by atoms with E-state index in [4.69, 9.17) is 0 Å². The first-order chi connectivity index (χ1) is 15.2. The summed E-state index contributed by atoms with van der Waals surface area (Å²) < 4.78 is 43.4. The zero-order chi connectivity index (χ0) is 22.9. The number of benzene rings is 2. The molecule has 3 aromatic rings. The van der Waals surface area contributed by atoms with E-state index in [2.05, 4.69) is 21.3 Å². The number of aryl methyl sites for hydroxylation is 1. The lowest BCUT2D eigenvalue weighted by Gasteiger charge is -2.21. The number of aromatic nitrogens is 1. The van der Waals surface area contributed by atoms with E-state index < -0.39 is 11.3 Å². The standard InChI is InChI=1S/C23H24F3N3O3/c1-27-11-2-3-18(27)10-12-28-20(15-17-14-19(29(30)31)6-9-22(17)28)13-16-4-7-21(8-5-16)32-23(24,25)26/h4-9,14-15,18H,2-3,10-13H2,1H3. The van der Waals surface area contributed by atoms with Crippen LogP contribution in [0, 0.1) is 10.1 Å². The largest absolute Gasteiger partial charge is 0.573 e. The molecule has 0 spiro atoms. The fourth-order valence-corrected chi connectivity index (χ4v) is 4.48. The third kappa shape index (κ3) is 5.04. The molecule has 1 fully saturated rings. The molecule has 32 heavy (non-hydrogen) atoms. The summed E-state index contributed by atoms with van der Waals surface area (Å²) in [7, 11) is 2.13. The number of likely N-dealkylation sites (tertiary alicyclic amines) is 1. The Labute approximate surface area is 183 Å². The molecule has 170 valence electrons. The minimum Gasteiger partial charge on any atom is -0.406 e. The second-order valence-electron chi connectivity index (χ2n) is 8.22. The molecule has 1 saturated heterocycles. The minimum atomic E-state index is -4.73. The van der Waals surface area contributed by atoms with Gasteiger partial charge in [-0.05, 0) is 62.7 Å². The number of alkyl halides is 3. The van der Waals surface area contributed by atoms with E-state index in [0.29, 0.717) is 12.5 Å². The first kappa shape index (κ1) is 22.1. The Morgan fingerprint density at radius 2 is 1.91 bits per heavy atom. The quantitative estimate of drug-likeness (QED) is 0.353. The molecule has 0 radical (unpaired) electrons. The third-order valence-electron chi connectivity index (χ3n) is 6.08. The first-order valence-electron chi connectivity index (χ1n) is 10.5. The maximum absolute atomic E-state index is 12.4. The molecule has 4 rings (SSSR count). The normalized spacial score (nSPS) is 17.2. The van der Waals surface area contributed by atoms with Crippen LogP contribution >= 0.6 is 0 Å². The SMILES string of the molecule is CN1CCCC1CCn1c(Cc2ccc(OC(F)(F)F)cc2)cc2cc([N+](=O)[O-])ccc21. The highest BCUT2D eigenvalue weighted by Crippen LogP contribution is 2.29. The number of nitrogens with zero attached hydrogens (tertiary/aromatic N) is 3. The highest BCUT2D eigenvalue weighted by atomic mass is 19.4. The first-order valence-corrected chi connectivity index (χ1v) is 10.5. The van der Waals surface area contributed by atoms with Crippen molar-refractivity contribution in [3.63, 3.8) is 0 Å². The average molecular weight is 447 g/mol. The predicted molar refractivity (Wildman–Crippen MR) is 115 cm³/mol. The minimum absolute atomic E-state index is 0.0328. The van der Waals surface area contributed by atoms with E-state index in [1.54, 1.807) is 24.3 Å². The van der Waals surface area contributed by atoms with Gasteiger partial charge < -0.3 is 14.2 Å². The molecule has 0 saturated carbocycles. The van der Waals surface area contributed by atoms with Crippen molar-refractivity contribution in [2.45, 2.75) is 44.6 Å². The number of nitro groups is 1. The maximum Gasteiger partial charge on any atom is 0.573 e. The van der Waals surface area contributed by atoms with Crippen LogP contribution in [-0.2, 0) is 13.0 Å². The molecule has 9 heteroatoms. The van der Waals surface area contributed by atoms with Crippen LogP contribution in [0.4, 0.5) is 18.9 Å². The zero-order valence-electron chi connectivity index (χ0n) is 17.6. The van der Waals surface area contributed by atoms with E-state index in [9.17, 15) is 23.3 Å². The summed E-state index contributed by atoms with van der Waals surface area (Å²) >= 11 is 0. The molecule has 1 aliphatic rings. The van der Waals surface area contributed by atoms with Crippen molar-refractivity contribution < 1.29 is 22.8 Å². The number of hydrogen-bond acceptors (Lipinski definition) is 4. The lowest BCUT2D eigenvalue weighted by atomic mass is 10.1. The molecular weight excluding hydrogens is 423 g/mol. The van der Waals surface area contributed by atoms with Crippen LogP contribution in [0.15, 0.2) is 48.5 Å². The molecule has 2 aromatic carbocycles. The van der Waals surface area contributed by atoms with Crippen LogP contribution in [-0.4, -0.2) is 40.4 Å². The molecule has 0 amide bonds. The molecular formula is C23H24F3N3O3. The topological polar surface area (TPSA) is 60.5 Å². The van der Waals surface area contributed by atoms with Gasteiger partial charge in [-0.15, -0.1) is 13.2 Å². The van der Waals surface area contributed by atoms with Gasteiger partial charge in [-0.25, -0.2) is 0 Å². The van der Waals surface area contributed by atoms with Gasteiger partial charge in [-0.1, -0.05) is 12.1 Å². The summed E-state index contributed by atoms with van der Waals surface area (Å²) in [5.41, 5.74) is 2.75. The van der Waals surface area contributed by atoms with Crippen LogP contribution in [0.3, 0.4) is 0 Å². The molecule has 1 unspecified atom stereocenters. The smallest absolute Gasteiger partial charge is 0.406 e. The Hall–Kier alpha value is -3.07. The number of rotatable bonds is 7. The molecule has 6 nitrogen and oxygen atoms in total. The maximum atomic E-state index is 12.4. The van der Waals surface area contributed by atoms with E-state index in [1.165, 1.54) is 24.6 Å². The fraction of sp³-hybridized carbons (Fsp3) is 0.391. The summed E-state index contributed by atoms with van der Waals surface area (Å²) in [6.45, 7) is 1.85. The number of nitro benzene ring substituents is 1. The van der Waals surface area contributed by atoms with Gasteiger partial charge in [0, 0.05) is 47.7 Å². The van der Waals surface area contributed by atoms with Crippen molar-refractivity contribution in [1.82, 2.24) is 9.47 Å². The Balaban J connectivity index is 1.61. The monoisotopic (exact) mass is 447 g/mol. The molecule has 0 aliphatic carbocycles. The fourth-order valence-electron chi connectivity index (χ4n) is 4.48. The highest BCUT2D eigenvalue weighted by Gasteiger charge is 2.31. The van der Waals surface area contributed by atoms with Crippen LogP contribution in [0.2, 0.25) is 0 Å². The van der Waals surface area contributed by atoms with E-state index >= 15 is 0 Å². The molecule has 1 aromatic heterocycles. The number of halogens is 3. The molecule has 2 heterocycles. The second kappa shape index (κ2) is 8.82. The summed E-state index contributed by atoms with van der Waals surface area (Å²) in [6.07, 6.45) is -0.940. The molecule has 0 N–H and O–H groups in total. The summed E-state index contributed by atoms with van der Waals surface area (Å²) in [6, 6.07) is 13.1. The molecule has 0 bridgehead atoms. The van der Waals surface area contributed by atoms with E-state index in [-0.39, 0.29) is 11.4 Å². The van der Waals surface area contributed by atoms with Gasteiger partial charge in [0.15, 0.2) is 0 Å². The van der Waals surface area contributed by atoms with Crippen LogP contribution in [0.25, 0.3) is 10.9 Å². The Morgan fingerprint density at radius 3 is 2.53 bits per heavy atom. The number of fused-ring (bicyclic) bond motifs is 1. The third-order valence-corrected chi connectivity index (χ3v) is 6.08. The van der Waals surface area contributed by atoms with Crippen molar-refractivity contribution in [3.05, 3.63) is 69.9 Å². The molecule has 1 aliphatic heterocycles. The lowest BCUT2D eigenvalue weighted by Crippen LogP contribution is -2.26. The lowest BCUT2D eigenvalue weighted by molar-refractivity contribution is -0.384. The van der Waals surface area contributed by atoms with Gasteiger partial charge >= 0.3 is 6.36 Å². The number of hydrogen-bond donors (Lipinski definition) is 0. The average Bonchev–Trinajstić information content (AvgIpc) is 3.28. The van der Waals surface area contributed by atoms with Gasteiger partial charge in [0.1, 0.15) is 5.75 Å². The van der Waals surface area contributed by atoms with Gasteiger partial charge in [0.2, 0.25) is 0 Å². The summed E-state index contributed by atoms with van der Waals surface area (Å²) in [5.74, 6) is -0.262. The Bertz CT molecular complexity index is 1110. The number of ether oxygens (including phenoxy) is 1. The Kier molecular flexibility index (Phi) is 6.10. The summed E-state index contributed by atoms with van der Waals surface area (Å²) in [5, 5.41) is 12.0. The highest BCUT2D eigenvalue weighted by molar-refractivity contribution is 5.83. The van der Waals surface area contributed by atoms with Gasteiger partial charge in [0.25, 0.3) is 5.69 Å². The summed E-state index contributed by atoms with van der Waals surface area (Å²) in [4.78, 5) is 13.1. The predicted octanol–water partition coefficient (Wildman–Crippen LogP) is 5.52. The van der Waals surface area contributed by atoms with Crippen LogP contribution in [0.1, 0.15) is 30.5 Å². The van der Waals surface area contributed by atoms with Gasteiger partial charge in [0.05, 0.1) is 4.92 Å². The number of non-ortho nitro benzene ring substituents is 1. The van der Waals surface area contributed by atoms with Crippen LogP contribution < -0.4 is 4.74 Å². The van der Waals surface area contributed by atoms with Gasteiger partial charge in [-0.3, -0.25) is 10.1 Å². The van der Waals surface area contributed by atoms with E-state index in [1.807, 2.05) is 6.07 Å². The van der Waals surface area contributed by atoms with E-state index in [0.717, 1.165) is 48.1 Å². The Morgan fingerprint density at radius 1 is 1.16 bits per heavy atom. The van der Waals surface area contributed by atoms with Crippen LogP contribution in [0.5, 0.6) is 5.75 Å².